The summed E-state index contributed by atoms with van der Waals surface area (Å²) in [6.45, 7) is 0. The van der Waals surface area contributed by atoms with Gasteiger partial charge in [0.05, 0.1) is 0 Å². The third-order valence-corrected chi connectivity index (χ3v) is 13.5. The topological polar surface area (TPSA) is 0 Å². The predicted molar refractivity (Wildman–Crippen MR) is 219 cm³/mol. The Bertz CT molecular complexity index is 3120. The summed E-state index contributed by atoms with van der Waals surface area (Å²) in [6.07, 6.45) is 17.8. The van der Waals surface area contributed by atoms with Gasteiger partial charge in [-0.2, -0.15) is 0 Å². The molecule has 13 rings (SSSR count). The molecule has 1 atom stereocenters. The fourth-order valence-electron chi connectivity index (χ4n) is 11.5. The predicted octanol–water partition coefficient (Wildman–Crippen LogP) is 10.3. The lowest BCUT2D eigenvalue weighted by Gasteiger charge is -2.27. The Morgan fingerprint density at radius 3 is 2.15 bits per heavy atom. The number of rotatable bonds is 2. The molecular weight excluding hydrogens is 625 g/mol. The van der Waals surface area contributed by atoms with Gasteiger partial charge in [-0.15, -0.1) is 0 Å². The largest absolute Gasteiger partial charge is 0.0836 e. The Morgan fingerprint density at radius 2 is 1.33 bits per heavy atom. The van der Waals surface area contributed by atoms with Crippen LogP contribution >= 0.6 is 0 Å². The molecule has 0 N–H and O–H groups in total. The first-order valence-electron chi connectivity index (χ1n) is 19.5. The van der Waals surface area contributed by atoms with E-state index in [9.17, 15) is 0 Å². The molecule has 0 aromatic heterocycles. The zero-order valence-corrected chi connectivity index (χ0v) is 29.2. The van der Waals surface area contributed by atoms with Crippen molar-refractivity contribution >= 4 is 50.9 Å². The third kappa shape index (κ3) is 3.44. The normalized spacial score (nSPS) is 17.8. The third-order valence-electron chi connectivity index (χ3n) is 13.5. The van der Waals surface area contributed by atoms with Crippen molar-refractivity contribution in [1.82, 2.24) is 0 Å². The van der Waals surface area contributed by atoms with Crippen molar-refractivity contribution in [2.45, 2.75) is 50.9 Å². The molecule has 244 valence electrons. The fraction of sp³-hybridized carbons (Fsp3) is 0.154. The average molecular weight is 661 g/mol. The van der Waals surface area contributed by atoms with Gasteiger partial charge in [-0.25, -0.2) is 0 Å². The highest BCUT2D eigenvalue weighted by molar-refractivity contribution is 6.20. The van der Waals surface area contributed by atoms with Crippen LogP contribution in [0.15, 0.2) is 109 Å². The Hall–Kier alpha value is -5.72. The standard InChI is InChI=1S/C52H36/c1-3-11-29(12-4-1)46-43-28-40-39(37-24-23-32-22-21-31-16-9-17-34-26-41(40)50(37)48(32)45(31)34)27-42(43)47(30-13-5-2-6-14-30)52-44-25-33-15-7-8-18-35(33)36-19-10-20-38(49(36)44)51(46)52/h1-6,8-9,11-14,16-19,21,25-28,32H,7,10,15,20,22-24H2. The van der Waals surface area contributed by atoms with Gasteiger partial charge in [0.1, 0.15) is 0 Å². The van der Waals surface area contributed by atoms with E-state index in [1.807, 2.05) is 0 Å². The molecule has 52 heavy (non-hydrogen) atoms. The molecule has 0 heterocycles. The van der Waals surface area contributed by atoms with Gasteiger partial charge in [0.2, 0.25) is 0 Å². The van der Waals surface area contributed by atoms with Gasteiger partial charge in [-0.1, -0.05) is 103 Å². The molecule has 0 radical (unpaired) electrons. The molecule has 0 spiro atoms. The minimum absolute atomic E-state index is 0.620. The first-order valence-corrected chi connectivity index (χ1v) is 19.5. The number of allylic oxidation sites excluding steroid dienone is 1. The summed E-state index contributed by atoms with van der Waals surface area (Å²) in [5.41, 5.74) is 22.0. The summed E-state index contributed by atoms with van der Waals surface area (Å²) in [7, 11) is 0. The number of hydrogen-bond donors (Lipinski definition) is 0. The van der Waals surface area contributed by atoms with E-state index in [0.29, 0.717) is 5.92 Å². The van der Waals surface area contributed by atoms with E-state index < -0.39 is 0 Å². The molecule has 0 bridgehead atoms. The van der Waals surface area contributed by atoms with E-state index in [0.717, 1.165) is 38.5 Å². The molecule has 1 unspecified atom stereocenters. The van der Waals surface area contributed by atoms with Crippen LogP contribution in [0.3, 0.4) is 0 Å². The maximum absolute atomic E-state index is 2.65. The van der Waals surface area contributed by atoms with Crippen LogP contribution in [-0.4, -0.2) is 0 Å². The maximum Gasteiger partial charge on any atom is -0.00107 e. The van der Waals surface area contributed by atoms with Gasteiger partial charge in [-0.05, 0) is 201 Å². The zero-order chi connectivity index (χ0) is 33.7. The number of hydrogen-bond acceptors (Lipinski definition) is 0. The molecule has 0 heteroatoms. The zero-order valence-electron chi connectivity index (χ0n) is 29.2. The van der Waals surface area contributed by atoms with Crippen LogP contribution in [-0.2, 0) is 6.42 Å². The van der Waals surface area contributed by atoms with Gasteiger partial charge < -0.3 is 0 Å². The summed E-state index contributed by atoms with van der Waals surface area (Å²) < 4.78 is 0. The molecular formula is C52H36. The minimum Gasteiger partial charge on any atom is -0.0836 e. The highest BCUT2D eigenvalue weighted by atomic mass is 14.4. The second-order valence-electron chi connectivity index (χ2n) is 15.9. The van der Waals surface area contributed by atoms with E-state index in [2.05, 4.69) is 127 Å². The molecule has 6 aliphatic carbocycles. The highest BCUT2D eigenvalue weighted by Gasteiger charge is 2.36. The molecule has 0 fully saturated rings. The first kappa shape index (κ1) is 27.9. The van der Waals surface area contributed by atoms with Crippen molar-refractivity contribution in [3.8, 4) is 44.5 Å². The fourth-order valence-corrected chi connectivity index (χ4v) is 11.5. The van der Waals surface area contributed by atoms with Gasteiger partial charge in [0, 0.05) is 0 Å². The number of fused-ring (bicyclic) bond motifs is 9. The van der Waals surface area contributed by atoms with E-state index in [4.69, 9.17) is 0 Å². The van der Waals surface area contributed by atoms with Crippen molar-refractivity contribution in [3.63, 3.8) is 0 Å². The van der Waals surface area contributed by atoms with Crippen molar-refractivity contribution in [1.29, 1.82) is 0 Å². The second-order valence-corrected chi connectivity index (χ2v) is 15.9. The van der Waals surface area contributed by atoms with Crippen molar-refractivity contribution < 1.29 is 0 Å². The van der Waals surface area contributed by atoms with Crippen molar-refractivity contribution in [3.05, 3.63) is 158 Å². The van der Waals surface area contributed by atoms with Crippen LogP contribution < -0.4 is 20.9 Å². The lowest BCUT2D eigenvalue weighted by atomic mass is 9.76. The summed E-state index contributed by atoms with van der Waals surface area (Å²) in [5.74, 6) is 0.620. The lowest BCUT2D eigenvalue weighted by Crippen LogP contribution is -2.33. The van der Waals surface area contributed by atoms with Crippen LogP contribution in [0.25, 0.3) is 95.4 Å². The van der Waals surface area contributed by atoms with Crippen molar-refractivity contribution in [2.75, 3.05) is 0 Å². The first-order chi connectivity index (χ1) is 25.8. The SMILES string of the molecule is C1=Cc2c(cc3c4c2=CCCC=4c2c-3c(-c3ccccc3)c3cc4c(cc3c2-c2ccccc2)-c2cc3cccc5c3c3c2=C4CCC3CC=5)CC1. The van der Waals surface area contributed by atoms with E-state index in [-0.39, 0.29) is 0 Å². The van der Waals surface area contributed by atoms with Crippen LogP contribution in [0.5, 0.6) is 0 Å². The maximum atomic E-state index is 2.65. The molecule has 6 aliphatic rings. The quantitative estimate of drug-likeness (QED) is 0.173. The van der Waals surface area contributed by atoms with E-state index >= 15 is 0 Å². The smallest absolute Gasteiger partial charge is 0.00107 e. The Kier molecular flexibility index (Phi) is 5.37. The van der Waals surface area contributed by atoms with Crippen LogP contribution in [0.4, 0.5) is 0 Å². The average Bonchev–Trinajstić information content (AvgIpc) is 3.69. The molecule has 0 saturated carbocycles. The Labute approximate surface area is 303 Å². The van der Waals surface area contributed by atoms with Crippen LogP contribution in [0.2, 0.25) is 0 Å². The van der Waals surface area contributed by atoms with Crippen molar-refractivity contribution in [2.24, 2.45) is 0 Å². The van der Waals surface area contributed by atoms with Gasteiger partial charge in [-0.3, -0.25) is 0 Å². The second kappa shape index (κ2) is 9.99. The molecule has 0 aliphatic heterocycles. The molecule has 7 aromatic rings. The summed E-state index contributed by atoms with van der Waals surface area (Å²) in [4.78, 5) is 0. The Balaban J connectivity index is 1.24. The molecule has 7 aromatic carbocycles. The minimum atomic E-state index is 0.620. The molecule has 0 nitrogen and oxygen atoms in total. The van der Waals surface area contributed by atoms with E-state index in [1.165, 1.54) is 110 Å². The Morgan fingerprint density at radius 1 is 0.538 bits per heavy atom. The summed E-state index contributed by atoms with van der Waals surface area (Å²) >= 11 is 0. The summed E-state index contributed by atoms with van der Waals surface area (Å²) in [5, 5.41) is 11.7. The number of aryl methyl sites for hydroxylation is 1. The van der Waals surface area contributed by atoms with Gasteiger partial charge >= 0.3 is 0 Å². The summed E-state index contributed by atoms with van der Waals surface area (Å²) in [6, 6.07) is 40.1. The molecule has 0 saturated heterocycles. The number of benzene rings is 7. The van der Waals surface area contributed by atoms with Gasteiger partial charge in [0.25, 0.3) is 0 Å². The molecule has 0 amide bonds. The monoisotopic (exact) mass is 660 g/mol. The highest BCUT2D eigenvalue weighted by Crippen LogP contribution is 2.54. The van der Waals surface area contributed by atoms with Gasteiger partial charge in [0.15, 0.2) is 0 Å². The van der Waals surface area contributed by atoms with Crippen LogP contribution in [0, 0.1) is 0 Å². The van der Waals surface area contributed by atoms with Crippen LogP contribution in [0.1, 0.15) is 72.3 Å². The lowest BCUT2D eigenvalue weighted by molar-refractivity contribution is 0.641. The van der Waals surface area contributed by atoms with E-state index in [1.54, 1.807) is 21.9 Å².